The maximum Gasteiger partial charge on any atom is 0.139 e. The van der Waals surface area contributed by atoms with Crippen LogP contribution in [-0.2, 0) is 4.79 Å². The molecular formula is C10H16O. The second-order valence-corrected chi connectivity index (χ2v) is 4.49. The molecule has 0 aromatic heterocycles. The molecule has 0 spiro atoms. The van der Waals surface area contributed by atoms with Crippen molar-refractivity contribution in [2.24, 2.45) is 17.3 Å². The van der Waals surface area contributed by atoms with Crippen LogP contribution in [0.25, 0.3) is 0 Å². The second kappa shape index (κ2) is 2.09. The minimum absolute atomic E-state index is 0.0723. The summed E-state index contributed by atoms with van der Waals surface area (Å²) in [6.07, 6.45) is 4.58. The topological polar surface area (TPSA) is 17.1 Å². The van der Waals surface area contributed by atoms with E-state index >= 15 is 0 Å². The van der Waals surface area contributed by atoms with E-state index in [0.29, 0.717) is 11.7 Å². The Hall–Kier alpha value is -0.330. The Bertz CT molecular complexity index is 197. The Balaban J connectivity index is 2.34. The van der Waals surface area contributed by atoms with Crippen LogP contribution in [0.3, 0.4) is 0 Å². The van der Waals surface area contributed by atoms with Gasteiger partial charge < -0.3 is 0 Å². The Morgan fingerprint density at radius 3 is 2.82 bits per heavy atom. The summed E-state index contributed by atoms with van der Waals surface area (Å²) in [5.74, 6) is 1.91. The van der Waals surface area contributed by atoms with E-state index in [1.807, 2.05) is 0 Å². The molecule has 0 saturated heterocycles. The molecule has 2 saturated carbocycles. The van der Waals surface area contributed by atoms with Gasteiger partial charge in [0.1, 0.15) is 5.78 Å². The quantitative estimate of drug-likeness (QED) is 0.521. The molecule has 0 aromatic rings. The predicted octanol–water partition coefficient (Wildman–Crippen LogP) is 2.40. The number of rotatable bonds is 0. The van der Waals surface area contributed by atoms with Crippen molar-refractivity contribution in [3.8, 4) is 0 Å². The molecule has 62 valence electrons. The minimum atomic E-state index is 0.0723. The highest BCUT2D eigenvalue weighted by molar-refractivity contribution is 5.87. The van der Waals surface area contributed by atoms with E-state index in [9.17, 15) is 4.79 Å². The van der Waals surface area contributed by atoms with Gasteiger partial charge in [0.15, 0.2) is 0 Å². The molecule has 0 amide bonds. The fourth-order valence-corrected chi connectivity index (χ4v) is 2.87. The normalized spacial score (nSPS) is 49.8. The Labute approximate surface area is 68.2 Å². The fourth-order valence-electron chi connectivity index (χ4n) is 2.87. The third-order valence-corrected chi connectivity index (χ3v) is 4.07. The van der Waals surface area contributed by atoms with Crippen molar-refractivity contribution in [1.29, 1.82) is 0 Å². The molecule has 11 heavy (non-hydrogen) atoms. The Kier molecular flexibility index (Phi) is 1.39. The van der Waals surface area contributed by atoms with Crippen molar-refractivity contribution in [1.82, 2.24) is 0 Å². The highest BCUT2D eigenvalue weighted by Gasteiger charge is 2.50. The molecular weight excluding hydrogens is 136 g/mol. The van der Waals surface area contributed by atoms with Crippen molar-refractivity contribution < 1.29 is 4.79 Å². The second-order valence-electron chi connectivity index (χ2n) is 4.49. The van der Waals surface area contributed by atoms with E-state index in [4.69, 9.17) is 0 Å². The average molecular weight is 152 g/mol. The van der Waals surface area contributed by atoms with Crippen molar-refractivity contribution in [2.45, 2.75) is 39.5 Å². The molecule has 0 N–H and O–H groups in total. The molecule has 0 aliphatic heterocycles. The van der Waals surface area contributed by atoms with Crippen LogP contribution in [-0.4, -0.2) is 5.78 Å². The highest BCUT2D eigenvalue weighted by atomic mass is 16.1. The smallest absolute Gasteiger partial charge is 0.139 e. The number of hydrogen-bond donors (Lipinski definition) is 0. The van der Waals surface area contributed by atoms with Gasteiger partial charge in [0.25, 0.3) is 0 Å². The Morgan fingerprint density at radius 1 is 1.55 bits per heavy atom. The first-order chi connectivity index (χ1) is 5.14. The van der Waals surface area contributed by atoms with Crippen LogP contribution >= 0.6 is 0 Å². The van der Waals surface area contributed by atoms with E-state index in [1.165, 1.54) is 12.8 Å². The van der Waals surface area contributed by atoms with Gasteiger partial charge in [-0.2, -0.15) is 0 Å². The first kappa shape index (κ1) is 7.33. The third kappa shape index (κ3) is 0.800. The summed E-state index contributed by atoms with van der Waals surface area (Å²) in [7, 11) is 0. The molecule has 3 atom stereocenters. The van der Waals surface area contributed by atoms with E-state index in [2.05, 4.69) is 13.8 Å². The standard InChI is InChI=1S/C10H16O/c1-7-8-4-3-5-10(7,2)9(11)6-8/h7-8H,3-6H2,1-2H3/t7-,8?,10?/m0/s1. The van der Waals surface area contributed by atoms with Crippen LogP contribution in [0.4, 0.5) is 0 Å². The zero-order chi connectivity index (χ0) is 8.06. The monoisotopic (exact) mass is 152 g/mol. The first-order valence-corrected chi connectivity index (χ1v) is 4.68. The van der Waals surface area contributed by atoms with Crippen LogP contribution in [0.15, 0.2) is 0 Å². The van der Waals surface area contributed by atoms with Gasteiger partial charge in [-0.25, -0.2) is 0 Å². The van der Waals surface area contributed by atoms with Gasteiger partial charge in [-0.15, -0.1) is 0 Å². The van der Waals surface area contributed by atoms with Crippen molar-refractivity contribution >= 4 is 5.78 Å². The van der Waals surface area contributed by atoms with Gasteiger partial charge in [-0.05, 0) is 24.7 Å². The highest BCUT2D eigenvalue weighted by Crippen LogP contribution is 2.52. The summed E-state index contributed by atoms with van der Waals surface area (Å²) in [5, 5.41) is 0. The van der Waals surface area contributed by atoms with Gasteiger partial charge in [-0.3, -0.25) is 4.79 Å². The Morgan fingerprint density at radius 2 is 2.27 bits per heavy atom. The maximum atomic E-state index is 11.6. The SMILES string of the molecule is C[C@H]1C2CCCC1(C)C(=O)C2. The molecule has 2 unspecified atom stereocenters. The van der Waals surface area contributed by atoms with Crippen molar-refractivity contribution in [2.75, 3.05) is 0 Å². The predicted molar refractivity (Wildman–Crippen MR) is 44.2 cm³/mol. The lowest BCUT2D eigenvalue weighted by Gasteiger charge is -2.34. The van der Waals surface area contributed by atoms with E-state index in [0.717, 1.165) is 18.8 Å². The molecule has 2 fully saturated rings. The molecule has 2 aliphatic rings. The maximum absolute atomic E-state index is 11.6. The summed E-state index contributed by atoms with van der Waals surface area (Å²) < 4.78 is 0. The summed E-state index contributed by atoms with van der Waals surface area (Å²) in [4.78, 5) is 11.6. The third-order valence-electron chi connectivity index (χ3n) is 4.07. The molecule has 1 heteroatoms. The molecule has 2 aliphatic carbocycles. The zero-order valence-corrected chi connectivity index (χ0v) is 7.39. The lowest BCUT2D eigenvalue weighted by molar-refractivity contribution is -0.126. The van der Waals surface area contributed by atoms with Crippen LogP contribution < -0.4 is 0 Å². The van der Waals surface area contributed by atoms with Crippen molar-refractivity contribution in [3.05, 3.63) is 0 Å². The largest absolute Gasteiger partial charge is 0.299 e. The molecule has 2 rings (SSSR count). The number of fused-ring (bicyclic) bond motifs is 2. The first-order valence-electron chi connectivity index (χ1n) is 4.68. The van der Waals surface area contributed by atoms with E-state index in [1.54, 1.807) is 0 Å². The average Bonchev–Trinajstić information content (AvgIpc) is 2.16. The molecule has 2 bridgehead atoms. The summed E-state index contributed by atoms with van der Waals surface area (Å²) in [5.41, 5.74) is 0.0723. The van der Waals surface area contributed by atoms with Crippen molar-refractivity contribution in [3.63, 3.8) is 0 Å². The van der Waals surface area contributed by atoms with Gasteiger partial charge in [0.05, 0.1) is 0 Å². The van der Waals surface area contributed by atoms with Gasteiger partial charge in [-0.1, -0.05) is 20.3 Å². The number of carbonyl (C=O) groups is 1. The van der Waals surface area contributed by atoms with Crippen LogP contribution in [0.2, 0.25) is 0 Å². The molecule has 0 radical (unpaired) electrons. The number of ketones is 1. The summed E-state index contributed by atoms with van der Waals surface area (Å²) in [6.45, 7) is 4.42. The lowest BCUT2D eigenvalue weighted by Crippen LogP contribution is -2.31. The minimum Gasteiger partial charge on any atom is -0.299 e. The summed E-state index contributed by atoms with van der Waals surface area (Å²) in [6, 6.07) is 0. The molecule has 0 aromatic carbocycles. The molecule has 0 heterocycles. The zero-order valence-electron chi connectivity index (χ0n) is 7.39. The van der Waals surface area contributed by atoms with Crippen LogP contribution in [0, 0.1) is 17.3 Å². The van der Waals surface area contributed by atoms with Crippen LogP contribution in [0.5, 0.6) is 0 Å². The van der Waals surface area contributed by atoms with Crippen LogP contribution in [0.1, 0.15) is 39.5 Å². The van der Waals surface area contributed by atoms with Gasteiger partial charge in [0.2, 0.25) is 0 Å². The lowest BCUT2D eigenvalue weighted by atomic mass is 9.69. The summed E-state index contributed by atoms with van der Waals surface area (Å²) >= 11 is 0. The number of carbonyl (C=O) groups excluding carboxylic acids is 1. The number of Topliss-reactive ketones (excluding diaryl/α,β-unsaturated/α-hetero) is 1. The van der Waals surface area contributed by atoms with E-state index in [-0.39, 0.29) is 5.41 Å². The van der Waals surface area contributed by atoms with Gasteiger partial charge >= 0.3 is 0 Å². The van der Waals surface area contributed by atoms with E-state index < -0.39 is 0 Å². The molecule has 1 nitrogen and oxygen atoms in total. The fraction of sp³-hybridized carbons (Fsp3) is 0.900. The van der Waals surface area contributed by atoms with Gasteiger partial charge in [0, 0.05) is 11.8 Å². The number of hydrogen-bond acceptors (Lipinski definition) is 1.